The molecule has 2 nitrogen and oxygen atoms in total. The lowest BCUT2D eigenvalue weighted by molar-refractivity contribution is 0.262. The van der Waals surface area contributed by atoms with Crippen LogP contribution in [0.5, 0.6) is 0 Å². The van der Waals surface area contributed by atoms with Crippen molar-refractivity contribution in [1.29, 1.82) is 5.26 Å². The van der Waals surface area contributed by atoms with Gasteiger partial charge in [-0.3, -0.25) is 4.90 Å². The van der Waals surface area contributed by atoms with E-state index in [0.717, 1.165) is 5.56 Å². The fourth-order valence-electron chi connectivity index (χ4n) is 2.18. The van der Waals surface area contributed by atoms with Crippen molar-refractivity contribution in [3.8, 4) is 6.07 Å². The van der Waals surface area contributed by atoms with Crippen LogP contribution in [-0.2, 0) is 13.1 Å². The maximum absolute atomic E-state index is 13.7. The molecule has 108 valence electrons. The molecule has 0 amide bonds. The molecule has 0 saturated carbocycles. The minimum Gasteiger partial charge on any atom is -0.295 e. The molecule has 0 aliphatic carbocycles. The van der Waals surface area contributed by atoms with Crippen molar-refractivity contribution in [2.24, 2.45) is 0 Å². The third kappa shape index (κ3) is 3.87. The summed E-state index contributed by atoms with van der Waals surface area (Å²) in [5, 5.41) is 8.90. The van der Waals surface area contributed by atoms with Gasteiger partial charge in [0.25, 0.3) is 0 Å². The molecule has 4 heteroatoms. The summed E-state index contributed by atoms with van der Waals surface area (Å²) < 4.78 is 27.4. The van der Waals surface area contributed by atoms with Crippen molar-refractivity contribution in [3.05, 3.63) is 70.8 Å². The highest BCUT2D eigenvalue weighted by Gasteiger charge is 2.13. The van der Waals surface area contributed by atoms with E-state index in [1.807, 2.05) is 24.0 Å². The first-order chi connectivity index (χ1) is 10.1. The predicted molar refractivity (Wildman–Crippen MR) is 77.3 cm³/mol. The predicted octanol–water partition coefficient (Wildman–Crippen LogP) is 3.86. The first kappa shape index (κ1) is 15.1. The molecule has 0 aliphatic heterocycles. The third-order valence-electron chi connectivity index (χ3n) is 3.35. The van der Waals surface area contributed by atoms with Gasteiger partial charge in [-0.05, 0) is 36.4 Å². The smallest absolute Gasteiger partial charge is 0.130 e. The normalized spacial score (nSPS) is 10.6. The molecule has 0 radical (unpaired) electrons. The van der Waals surface area contributed by atoms with Gasteiger partial charge in [0.2, 0.25) is 0 Å². The fraction of sp³-hybridized carbons (Fsp3) is 0.235. The van der Waals surface area contributed by atoms with Crippen molar-refractivity contribution < 1.29 is 8.78 Å². The Hall–Kier alpha value is -2.25. The monoisotopic (exact) mass is 286 g/mol. The second-order valence-corrected chi connectivity index (χ2v) is 4.82. The van der Waals surface area contributed by atoms with E-state index in [1.165, 1.54) is 18.2 Å². The van der Waals surface area contributed by atoms with Gasteiger partial charge in [-0.2, -0.15) is 5.26 Å². The quantitative estimate of drug-likeness (QED) is 0.834. The van der Waals surface area contributed by atoms with Gasteiger partial charge in [-0.15, -0.1) is 0 Å². The van der Waals surface area contributed by atoms with Crippen molar-refractivity contribution in [1.82, 2.24) is 4.90 Å². The largest absolute Gasteiger partial charge is 0.295 e. The minimum absolute atomic E-state index is 0.0794. The SMILES string of the molecule is CCN(Cc1cccc(C#N)c1)Cc1c(F)cccc1F. The van der Waals surface area contributed by atoms with Crippen LogP contribution >= 0.6 is 0 Å². The maximum Gasteiger partial charge on any atom is 0.130 e. The average Bonchev–Trinajstić information content (AvgIpc) is 2.50. The van der Waals surface area contributed by atoms with E-state index in [0.29, 0.717) is 18.7 Å². The van der Waals surface area contributed by atoms with Crippen LogP contribution in [0.4, 0.5) is 8.78 Å². The number of hydrogen-bond acceptors (Lipinski definition) is 2. The topological polar surface area (TPSA) is 27.0 Å². The number of hydrogen-bond donors (Lipinski definition) is 0. The van der Waals surface area contributed by atoms with Crippen molar-refractivity contribution in [2.75, 3.05) is 6.54 Å². The Morgan fingerprint density at radius 2 is 1.71 bits per heavy atom. The lowest BCUT2D eigenvalue weighted by Gasteiger charge is -2.21. The second-order valence-electron chi connectivity index (χ2n) is 4.82. The summed E-state index contributed by atoms with van der Waals surface area (Å²) >= 11 is 0. The number of rotatable bonds is 5. The number of halogens is 2. The molecule has 0 atom stereocenters. The molecule has 0 spiro atoms. The van der Waals surface area contributed by atoms with E-state index in [9.17, 15) is 8.78 Å². The molecule has 0 unspecified atom stereocenters. The van der Waals surface area contributed by atoms with E-state index in [1.54, 1.807) is 12.1 Å². The van der Waals surface area contributed by atoms with Gasteiger partial charge in [0, 0.05) is 18.7 Å². The van der Waals surface area contributed by atoms with Crippen LogP contribution in [0.15, 0.2) is 42.5 Å². The van der Waals surface area contributed by atoms with Gasteiger partial charge in [0.15, 0.2) is 0 Å². The van der Waals surface area contributed by atoms with Crippen LogP contribution in [0.2, 0.25) is 0 Å². The summed E-state index contributed by atoms with van der Waals surface area (Å²) in [6, 6.07) is 13.2. The summed E-state index contributed by atoms with van der Waals surface area (Å²) in [6.45, 7) is 3.34. The second kappa shape index (κ2) is 6.96. The van der Waals surface area contributed by atoms with Crippen molar-refractivity contribution >= 4 is 0 Å². The summed E-state index contributed by atoms with van der Waals surface area (Å²) in [5.41, 5.74) is 1.61. The first-order valence-corrected chi connectivity index (χ1v) is 6.78. The van der Waals surface area contributed by atoms with E-state index in [4.69, 9.17) is 5.26 Å². The number of benzene rings is 2. The number of nitriles is 1. The highest BCUT2D eigenvalue weighted by atomic mass is 19.1. The summed E-state index contributed by atoms with van der Waals surface area (Å²) in [4.78, 5) is 1.93. The first-order valence-electron chi connectivity index (χ1n) is 6.78. The average molecular weight is 286 g/mol. The Morgan fingerprint density at radius 1 is 1.05 bits per heavy atom. The Balaban J connectivity index is 2.15. The van der Waals surface area contributed by atoms with E-state index in [2.05, 4.69) is 6.07 Å². The molecule has 0 aliphatic rings. The zero-order chi connectivity index (χ0) is 15.2. The van der Waals surface area contributed by atoms with Crippen molar-refractivity contribution in [3.63, 3.8) is 0 Å². The fourth-order valence-corrected chi connectivity index (χ4v) is 2.18. The lowest BCUT2D eigenvalue weighted by Crippen LogP contribution is -2.23. The number of nitrogens with zero attached hydrogens (tertiary/aromatic N) is 2. The Labute approximate surface area is 123 Å². The van der Waals surface area contributed by atoms with Crippen LogP contribution in [0.25, 0.3) is 0 Å². The summed E-state index contributed by atoms with van der Waals surface area (Å²) in [7, 11) is 0. The molecule has 0 saturated heterocycles. The summed E-state index contributed by atoms with van der Waals surface area (Å²) in [6.07, 6.45) is 0. The molecule has 0 bridgehead atoms. The van der Waals surface area contributed by atoms with E-state index in [-0.39, 0.29) is 12.1 Å². The van der Waals surface area contributed by atoms with Crippen LogP contribution in [-0.4, -0.2) is 11.4 Å². The van der Waals surface area contributed by atoms with E-state index < -0.39 is 11.6 Å². The molecule has 0 heterocycles. The van der Waals surface area contributed by atoms with E-state index >= 15 is 0 Å². The van der Waals surface area contributed by atoms with Crippen LogP contribution in [0.3, 0.4) is 0 Å². The Morgan fingerprint density at radius 3 is 2.33 bits per heavy atom. The molecule has 0 N–H and O–H groups in total. The zero-order valence-corrected chi connectivity index (χ0v) is 11.8. The highest BCUT2D eigenvalue weighted by molar-refractivity contribution is 5.32. The summed E-state index contributed by atoms with van der Waals surface area (Å²) in [5.74, 6) is -1.06. The van der Waals surface area contributed by atoms with Gasteiger partial charge in [-0.25, -0.2) is 8.78 Å². The van der Waals surface area contributed by atoms with Crippen LogP contribution < -0.4 is 0 Å². The highest BCUT2D eigenvalue weighted by Crippen LogP contribution is 2.16. The molecule has 0 aromatic heterocycles. The standard InChI is InChI=1S/C17H16F2N2/c1-2-21(11-14-6-3-5-13(9-14)10-20)12-15-16(18)7-4-8-17(15)19/h3-9H,2,11-12H2,1H3. The molecular formula is C17H16F2N2. The van der Waals surface area contributed by atoms with Gasteiger partial charge < -0.3 is 0 Å². The Kier molecular flexibility index (Phi) is 5.02. The molecule has 2 rings (SSSR count). The van der Waals surface area contributed by atoms with Gasteiger partial charge in [0.1, 0.15) is 11.6 Å². The van der Waals surface area contributed by atoms with Gasteiger partial charge >= 0.3 is 0 Å². The van der Waals surface area contributed by atoms with Gasteiger partial charge in [0.05, 0.1) is 11.6 Å². The molecular weight excluding hydrogens is 270 g/mol. The molecule has 2 aromatic carbocycles. The Bertz CT molecular complexity index is 642. The third-order valence-corrected chi connectivity index (χ3v) is 3.35. The molecule has 21 heavy (non-hydrogen) atoms. The lowest BCUT2D eigenvalue weighted by atomic mass is 10.1. The van der Waals surface area contributed by atoms with Gasteiger partial charge in [-0.1, -0.05) is 25.1 Å². The van der Waals surface area contributed by atoms with Crippen LogP contribution in [0, 0.1) is 23.0 Å². The molecule has 2 aromatic rings. The van der Waals surface area contributed by atoms with Crippen LogP contribution in [0.1, 0.15) is 23.6 Å². The van der Waals surface area contributed by atoms with Crippen molar-refractivity contribution in [2.45, 2.75) is 20.0 Å². The zero-order valence-electron chi connectivity index (χ0n) is 11.8. The minimum atomic E-state index is -0.528. The maximum atomic E-state index is 13.7. The molecule has 0 fully saturated rings.